The summed E-state index contributed by atoms with van der Waals surface area (Å²) in [6, 6.07) is 6.10. The number of carbonyl (C=O) groups is 1. The van der Waals surface area contributed by atoms with E-state index < -0.39 is 5.97 Å². The average molecular weight is 245 g/mol. The second-order valence-corrected chi connectivity index (χ2v) is 4.35. The van der Waals surface area contributed by atoms with Gasteiger partial charge < -0.3 is 10.8 Å². The molecule has 1 aromatic carbocycles. The highest BCUT2D eigenvalue weighted by molar-refractivity contribution is 5.91. The van der Waals surface area contributed by atoms with Gasteiger partial charge in [-0.2, -0.15) is 5.10 Å². The Morgan fingerprint density at radius 3 is 2.67 bits per heavy atom. The van der Waals surface area contributed by atoms with Crippen molar-refractivity contribution in [3.05, 3.63) is 46.8 Å². The average Bonchev–Trinajstić information content (AvgIpc) is 2.65. The van der Waals surface area contributed by atoms with Crippen LogP contribution in [0.2, 0.25) is 0 Å². The number of rotatable bonds is 3. The number of nitrogen functional groups attached to an aromatic ring is 1. The lowest BCUT2D eigenvalue weighted by Crippen LogP contribution is -2.04. The number of aryl methyl sites for hydroxylation is 2. The third-order valence-electron chi connectivity index (χ3n) is 2.91. The number of nitrogens with two attached hydrogens (primary N) is 1. The van der Waals surface area contributed by atoms with Gasteiger partial charge in [-0.3, -0.25) is 4.68 Å². The molecule has 0 saturated carbocycles. The number of benzene rings is 1. The van der Waals surface area contributed by atoms with Crippen molar-refractivity contribution in [2.75, 3.05) is 5.73 Å². The minimum Gasteiger partial charge on any atom is -0.476 e. The van der Waals surface area contributed by atoms with Gasteiger partial charge in [-0.05, 0) is 30.5 Å². The number of anilines is 1. The number of carboxylic acids is 1. The number of hydrogen-bond donors (Lipinski definition) is 2. The first-order valence-electron chi connectivity index (χ1n) is 5.59. The first-order chi connectivity index (χ1) is 8.47. The van der Waals surface area contributed by atoms with E-state index >= 15 is 0 Å². The standard InChI is InChI=1S/C13H15N3O2/c1-8-3-4-10(5-9(8)2)6-16-7-11(14)12(15-16)13(17)18/h3-5,7H,6,14H2,1-2H3,(H,17,18). The molecule has 0 saturated heterocycles. The summed E-state index contributed by atoms with van der Waals surface area (Å²) in [5.74, 6) is -1.11. The predicted molar refractivity (Wildman–Crippen MR) is 68.6 cm³/mol. The van der Waals surface area contributed by atoms with Crippen LogP contribution in [0.25, 0.3) is 0 Å². The van der Waals surface area contributed by atoms with Crippen molar-refractivity contribution >= 4 is 11.7 Å². The Balaban J connectivity index is 2.26. The molecule has 0 fully saturated rings. The molecule has 0 aliphatic rings. The highest BCUT2D eigenvalue weighted by Crippen LogP contribution is 2.13. The van der Waals surface area contributed by atoms with Crippen LogP contribution >= 0.6 is 0 Å². The number of hydrogen-bond acceptors (Lipinski definition) is 3. The third-order valence-corrected chi connectivity index (χ3v) is 2.91. The summed E-state index contributed by atoms with van der Waals surface area (Å²) >= 11 is 0. The molecular formula is C13H15N3O2. The lowest BCUT2D eigenvalue weighted by Gasteiger charge is -2.05. The molecular weight excluding hydrogens is 230 g/mol. The van der Waals surface area contributed by atoms with E-state index in [0.717, 1.165) is 5.56 Å². The number of aromatic nitrogens is 2. The largest absolute Gasteiger partial charge is 0.476 e. The van der Waals surface area contributed by atoms with E-state index in [-0.39, 0.29) is 11.4 Å². The van der Waals surface area contributed by atoms with Gasteiger partial charge in [0.05, 0.1) is 12.2 Å². The van der Waals surface area contributed by atoms with E-state index in [1.807, 2.05) is 26.0 Å². The maximum Gasteiger partial charge on any atom is 0.358 e. The molecule has 18 heavy (non-hydrogen) atoms. The van der Waals surface area contributed by atoms with Crippen LogP contribution in [-0.4, -0.2) is 20.9 Å². The maximum absolute atomic E-state index is 10.8. The highest BCUT2D eigenvalue weighted by atomic mass is 16.4. The van der Waals surface area contributed by atoms with Crippen LogP contribution in [0.15, 0.2) is 24.4 Å². The highest BCUT2D eigenvalue weighted by Gasteiger charge is 2.13. The van der Waals surface area contributed by atoms with Crippen molar-refractivity contribution in [1.82, 2.24) is 9.78 Å². The second-order valence-electron chi connectivity index (χ2n) is 4.35. The fourth-order valence-corrected chi connectivity index (χ4v) is 1.77. The van der Waals surface area contributed by atoms with Crippen LogP contribution < -0.4 is 5.73 Å². The minimum absolute atomic E-state index is 0.0983. The Labute approximate surface area is 105 Å². The Kier molecular flexibility index (Phi) is 3.06. The topological polar surface area (TPSA) is 81.1 Å². The van der Waals surface area contributed by atoms with E-state index in [4.69, 9.17) is 10.8 Å². The first-order valence-corrected chi connectivity index (χ1v) is 5.59. The van der Waals surface area contributed by atoms with Crippen LogP contribution in [0.3, 0.4) is 0 Å². The van der Waals surface area contributed by atoms with Crippen LogP contribution in [0.1, 0.15) is 27.2 Å². The molecule has 1 aromatic heterocycles. The lowest BCUT2D eigenvalue weighted by atomic mass is 10.1. The number of carboxylic acid groups (broad SMARTS) is 1. The number of aromatic carboxylic acids is 1. The molecule has 5 nitrogen and oxygen atoms in total. The monoisotopic (exact) mass is 245 g/mol. The SMILES string of the molecule is Cc1ccc(Cn2cc(N)c(C(=O)O)n2)cc1C. The predicted octanol–water partition coefficient (Wildman–Crippen LogP) is 1.83. The molecule has 0 spiro atoms. The molecule has 0 aliphatic heterocycles. The van der Waals surface area contributed by atoms with Crippen LogP contribution in [-0.2, 0) is 6.54 Å². The molecule has 0 amide bonds. The van der Waals surface area contributed by atoms with Crippen molar-refractivity contribution in [2.45, 2.75) is 20.4 Å². The van der Waals surface area contributed by atoms with E-state index in [0.29, 0.717) is 6.54 Å². The van der Waals surface area contributed by atoms with Gasteiger partial charge in [-0.1, -0.05) is 18.2 Å². The van der Waals surface area contributed by atoms with Gasteiger partial charge in [0.2, 0.25) is 0 Å². The Morgan fingerprint density at radius 2 is 2.11 bits per heavy atom. The number of nitrogens with zero attached hydrogens (tertiary/aromatic N) is 2. The summed E-state index contributed by atoms with van der Waals surface area (Å²) in [6.07, 6.45) is 1.54. The van der Waals surface area contributed by atoms with E-state index in [9.17, 15) is 4.79 Å². The van der Waals surface area contributed by atoms with Gasteiger partial charge in [0.15, 0.2) is 5.69 Å². The molecule has 3 N–H and O–H groups in total. The third kappa shape index (κ3) is 2.34. The van der Waals surface area contributed by atoms with Crippen LogP contribution in [0.5, 0.6) is 0 Å². The Hall–Kier alpha value is -2.30. The fraction of sp³-hybridized carbons (Fsp3) is 0.231. The first kappa shape index (κ1) is 12.2. The lowest BCUT2D eigenvalue weighted by molar-refractivity contribution is 0.0690. The molecule has 0 atom stereocenters. The Morgan fingerprint density at radius 1 is 1.39 bits per heavy atom. The van der Waals surface area contributed by atoms with Gasteiger partial charge in [-0.15, -0.1) is 0 Å². The molecule has 2 rings (SSSR count). The van der Waals surface area contributed by atoms with E-state index in [1.165, 1.54) is 11.1 Å². The van der Waals surface area contributed by atoms with Gasteiger partial charge >= 0.3 is 5.97 Å². The van der Waals surface area contributed by atoms with Crippen LogP contribution in [0, 0.1) is 13.8 Å². The van der Waals surface area contributed by atoms with Crippen molar-refractivity contribution in [1.29, 1.82) is 0 Å². The second kappa shape index (κ2) is 4.52. The van der Waals surface area contributed by atoms with E-state index in [1.54, 1.807) is 10.9 Å². The van der Waals surface area contributed by atoms with E-state index in [2.05, 4.69) is 11.2 Å². The fourth-order valence-electron chi connectivity index (χ4n) is 1.77. The molecule has 94 valence electrons. The van der Waals surface area contributed by atoms with Gasteiger partial charge in [0, 0.05) is 6.20 Å². The summed E-state index contributed by atoms with van der Waals surface area (Å²) in [6.45, 7) is 4.60. The molecule has 2 aromatic rings. The van der Waals surface area contributed by atoms with Crippen molar-refractivity contribution in [3.63, 3.8) is 0 Å². The zero-order valence-electron chi connectivity index (χ0n) is 10.3. The Bertz CT molecular complexity index is 602. The van der Waals surface area contributed by atoms with Crippen molar-refractivity contribution in [3.8, 4) is 0 Å². The molecule has 0 bridgehead atoms. The summed E-state index contributed by atoms with van der Waals surface area (Å²) < 4.78 is 1.54. The van der Waals surface area contributed by atoms with Crippen molar-refractivity contribution < 1.29 is 9.90 Å². The smallest absolute Gasteiger partial charge is 0.358 e. The van der Waals surface area contributed by atoms with Crippen LogP contribution in [0.4, 0.5) is 5.69 Å². The summed E-state index contributed by atoms with van der Waals surface area (Å²) in [7, 11) is 0. The van der Waals surface area contributed by atoms with Gasteiger partial charge in [0.1, 0.15) is 0 Å². The van der Waals surface area contributed by atoms with Gasteiger partial charge in [-0.25, -0.2) is 4.79 Å². The summed E-state index contributed by atoms with van der Waals surface area (Å²) in [5, 5.41) is 12.8. The molecule has 0 aliphatic carbocycles. The quantitative estimate of drug-likeness (QED) is 0.864. The summed E-state index contributed by atoms with van der Waals surface area (Å²) in [4.78, 5) is 10.8. The summed E-state index contributed by atoms with van der Waals surface area (Å²) in [5.41, 5.74) is 9.17. The molecule has 1 heterocycles. The minimum atomic E-state index is -1.11. The molecule has 0 radical (unpaired) electrons. The van der Waals surface area contributed by atoms with Gasteiger partial charge in [0.25, 0.3) is 0 Å². The molecule has 5 heteroatoms. The zero-order valence-corrected chi connectivity index (χ0v) is 10.3. The molecule has 0 unspecified atom stereocenters. The normalized spacial score (nSPS) is 10.6. The maximum atomic E-state index is 10.8. The van der Waals surface area contributed by atoms with Crippen molar-refractivity contribution in [2.24, 2.45) is 0 Å². The zero-order chi connectivity index (χ0) is 13.3.